The Labute approximate surface area is 108 Å². The van der Waals surface area contributed by atoms with E-state index in [1.807, 2.05) is 0 Å². The van der Waals surface area contributed by atoms with Crippen LogP contribution in [-0.2, 0) is 0 Å². The van der Waals surface area contributed by atoms with E-state index in [2.05, 4.69) is 26.6 Å². The number of piperidine rings is 1. The predicted octanol–water partition coefficient (Wildman–Crippen LogP) is 2.52. The Morgan fingerprint density at radius 3 is 3.00 bits per heavy atom. The molecule has 0 radical (unpaired) electrons. The van der Waals surface area contributed by atoms with Crippen LogP contribution in [-0.4, -0.2) is 24.1 Å². The van der Waals surface area contributed by atoms with Gasteiger partial charge in [-0.05, 0) is 31.5 Å². The van der Waals surface area contributed by atoms with Crippen LogP contribution in [0.15, 0.2) is 22.7 Å². The number of hydrogen-bond donors (Lipinski definition) is 2. The molecule has 0 spiro atoms. The molecule has 17 heavy (non-hydrogen) atoms. The number of nitro groups is 1. The molecule has 0 aromatic heterocycles. The zero-order valence-electron chi connectivity index (χ0n) is 9.28. The van der Waals surface area contributed by atoms with Gasteiger partial charge in [-0.1, -0.05) is 15.9 Å². The molecule has 2 rings (SSSR count). The van der Waals surface area contributed by atoms with Crippen LogP contribution in [0.25, 0.3) is 0 Å². The zero-order valence-corrected chi connectivity index (χ0v) is 10.9. The number of nitrogens with zero attached hydrogens (tertiary/aromatic N) is 1. The Hall–Kier alpha value is -1.14. The summed E-state index contributed by atoms with van der Waals surface area (Å²) >= 11 is 3.33. The van der Waals surface area contributed by atoms with Crippen molar-refractivity contribution in [1.29, 1.82) is 0 Å². The largest absolute Gasteiger partial charge is 0.375 e. The number of benzene rings is 1. The molecule has 1 aliphatic heterocycles. The standard InChI is InChI=1S/C11H14BrN3O2/c12-8-3-4-11(15(16)17)10(6-8)14-9-2-1-5-13-7-9/h3-4,6,9,13-14H,1-2,5,7H2. The molecule has 2 N–H and O–H groups in total. The first-order valence-electron chi connectivity index (χ1n) is 5.58. The van der Waals surface area contributed by atoms with Crippen molar-refractivity contribution in [2.24, 2.45) is 0 Å². The van der Waals surface area contributed by atoms with Crippen molar-refractivity contribution in [3.63, 3.8) is 0 Å². The second-order valence-electron chi connectivity index (χ2n) is 4.11. The first-order chi connectivity index (χ1) is 8.16. The lowest BCUT2D eigenvalue weighted by Crippen LogP contribution is -2.38. The molecule has 6 heteroatoms. The van der Waals surface area contributed by atoms with E-state index in [0.717, 1.165) is 30.4 Å². The molecule has 1 unspecified atom stereocenters. The summed E-state index contributed by atoms with van der Waals surface area (Å²) in [5.41, 5.74) is 0.705. The minimum Gasteiger partial charge on any atom is -0.375 e. The van der Waals surface area contributed by atoms with Crippen molar-refractivity contribution in [1.82, 2.24) is 5.32 Å². The van der Waals surface area contributed by atoms with Gasteiger partial charge < -0.3 is 10.6 Å². The summed E-state index contributed by atoms with van der Waals surface area (Å²) in [7, 11) is 0. The van der Waals surface area contributed by atoms with Gasteiger partial charge in [0.05, 0.1) is 4.92 Å². The normalized spacial score (nSPS) is 19.9. The van der Waals surface area contributed by atoms with Crippen molar-refractivity contribution >= 4 is 27.3 Å². The van der Waals surface area contributed by atoms with Gasteiger partial charge in [0.15, 0.2) is 0 Å². The van der Waals surface area contributed by atoms with Gasteiger partial charge in [0.1, 0.15) is 5.69 Å². The highest BCUT2D eigenvalue weighted by molar-refractivity contribution is 9.10. The molecule has 1 saturated heterocycles. The Kier molecular flexibility index (Phi) is 3.96. The van der Waals surface area contributed by atoms with Gasteiger partial charge in [-0.2, -0.15) is 0 Å². The smallest absolute Gasteiger partial charge is 0.292 e. The van der Waals surface area contributed by atoms with Crippen LogP contribution in [0, 0.1) is 10.1 Å². The van der Waals surface area contributed by atoms with Crippen molar-refractivity contribution in [3.05, 3.63) is 32.8 Å². The molecule has 1 atom stereocenters. The highest BCUT2D eigenvalue weighted by atomic mass is 79.9. The molecule has 1 aromatic carbocycles. The third kappa shape index (κ3) is 3.17. The monoisotopic (exact) mass is 299 g/mol. The Bertz CT molecular complexity index is 419. The number of rotatable bonds is 3. The molecule has 0 saturated carbocycles. The molecule has 92 valence electrons. The van der Waals surface area contributed by atoms with Crippen molar-refractivity contribution in [2.75, 3.05) is 18.4 Å². The van der Waals surface area contributed by atoms with E-state index in [4.69, 9.17) is 0 Å². The molecule has 0 amide bonds. The summed E-state index contributed by atoms with van der Waals surface area (Å²) in [6.07, 6.45) is 2.14. The topological polar surface area (TPSA) is 67.2 Å². The van der Waals surface area contributed by atoms with E-state index in [0.29, 0.717) is 5.69 Å². The van der Waals surface area contributed by atoms with Crippen LogP contribution >= 0.6 is 15.9 Å². The van der Waals surface area contributed by atoms with Crippen molar-refractivity contribution in [2.45, 2.75) is 18.9 Å². The number of nitro benzene ring substituents is 1. The Morgan fingerprint density at radius 2 is 2.35 bits per heavy atom. The summed E-state index contributed by atoms with van der Waals surface area (Å²) in [6, 6.07) is 5.22. The van der Waals surface area contributed by atoms with Crippen LogP contribution in [0.3, 0.4) is 0 Å². The Morgan fingerprint density at radius 1 is 1.53 bits per heavy atom. The number of anilines is 1. The number of halogens is 1. The second-order valence-corrected chi connectivity index (χ2v) is 5.02. The van der Waals surface area contributed by atoms with E-state index in [1.54, 1.807) is 12.1 Å². The minimum absolute atomic E-state index is 0.124. The molecule has 1 aliphatic rings. The Balaban J connectivity index is 2.17. The van der Waals surface area contributed by atoms with Crippen LogP contribution in [0.5, 0.6) is 0 Å². The highest BCUT2D eigenvalue weighted by Crippen LogP contribution is 2.29. The van der Waals surface area contributed by atoms with Crippen LogP contribution < -0.4 is 10.6 Å². The first kappa shape index (κ1) is 12.3. The lowest BCUT2D eigenvalue weighted by atomic mass is 10.1. The van der Waals surface area contributed by atoms with Crippen LogP contribution in [0.2, 0.25) is 0 Å². The summed E-state index contributed by atoms with van der Waals surface area (Å²) in [5.74, 6) is 0. The molecular weight excluding hydrogens is 286 g/mol. The van der Waals surface area contributed by atoms with E-state index in [1.165, 1.54) is 6.07 Å². The fraction of sp³-hybridized carbons (Fsp3) is 0.455. The summed E-state index contributed by atoms with van der Waals surface area (Å²) in [5, 5.41) is 17.4. The van der Waals surface area contributed by atoms with Gasteiger partial charge in [-0.3, -0.25) is 10.1 Å². The SMILES string of the molecule is O=[N+]([O-])c1ccc(Br)cc1NC1CCCNC1. The van der Waals surface area contributed by atoms with Crippen molar-refractivity contribution < 1.29 is 4.92 Å². The molecular formula is C11H14BrN3O2. The fourth-order valence-electron chi connectivity index (χ4n) is 1.98. The molecule has 0 bridgehead atoms. The molecule has 1 aromatic rings. The third-order valence-corrected chi connectivity index (χ3v) is 3.31. The average molecular weight is 300 g/mol. The second kappa shape index (κ2) is 5.46. The molecule has 1 heterocycles. The summed E-state index contributed by atoms with van der Waals surface area (Å²) in [4.78, 5) is 10.6. The molecule has 0 aliphatic carbocycles. The van der Waals surface area contributed by atoms with Crippen LogP contribution in [0.4, 0.5) is 11.4 Å². The lowest BCUT2D eigenvalue weighted by molar-refractivity contribution is -0.384. The fourth-order valence-corrected chi connectivity index (χ4v) is 2.34. The third-order valence-electron chi connectivity index (χ3n) is 2.81. The summed E-state index contributed by atoms with van der Waals surface area (Å²) < 4.78 is 0.842. The van der Waals surface area contributed by atoms with E-state index < -0.39 is 0 Å². The zero-order chi connectivity index (χ0) is 12.3. The molecule has 5 nitrogen and oxygen atoms in total. The lowest BCUT2D eigenvalue weighted by Gasteiger charge is -2.24. The predicted molar refractivity (Wildman–Crippen MR) is 70.3 cm³/mol. The quantitative estimate of drug-likeness (QED) is 0.665. The van der Waals surface area contributed by atoms with E-state index in [-0.39, 0.29) is 16.7 Å². The maximum Gasteiger partial charge on any atom is 0.292 e. The summed E-state index contributed by atoms with van der Waals surface area (Å²) in [6.45, 7) is 1.88. The number of nitrogens with one attached hydrogen (secondary N) is 2. The van der Waals surface area contributed by atoms with E-state index in [9.17, 15) is 10.1 Å². The van der Waals surface area contributed by atoms with E-state index >= 15 is 0 Å². The van der Waals surface area contributed by atoms with Crippen LogP contribution in [0.1, 0.15) is 12.8 Å². The van der Waals surface area contributed by atoms with Gasteiger partial charge in [0.2, 0.25) is 0 Å². The van der Waals surface area contributed by atoms with Crippen molar-refractivity contribution in [3.8, 4) is 0 Å². The number of hydrogen-bond acceptors (Lipinski definition) is 4. The highest BCUT2D eigenvalue weighted by Gasteiger charge is 2.18. The maximum absolute atomic E-state index is 10.9. The van der Waals surface area contributed by atoms with Gasteiger partial charge in [-0.15, -0.1) is 0 Å². The first-order valence-corrected chi connectivity index (χ1v) is 6.37. The maximum atomic E-state index is 10.9. The molecule has 1 fully saturated rings. The van der Waals surface area contributed by atoms with Gasteiger partial charge >= 0.3 is 0 Å². The van der Waals surface area contributed by atoms with Gasteiger partial charge in [0.25, 0.3) is 5.69 Å². The van der Waals surface area contributed by atoms with Gasteiger partial charge in [0, 0.05) is 23.1 Å². The average Bonchev–Trinajstić information content (AvgIpc) is 2.30. The minimum atomic E-state index is -0.356. The van der Waals surface area contributed by atoms with Gasteiger partial charge in [-0.25, -0.2) is 0 Å².